The summed E-state index contributed by atoms with van der Waals surface area (Å²) >= 11 is 5.87. The van der Waals surface area contributed by atoms with Gasteiger partial charge in [-0.3, -0.25) is 0 Å². The molecule has 2 N–H and O–H groups in total. The first-order valence-corrected chi connectivity index (χ1v) is 7.16. The van der Waals surface area contributed by atoms with Crippen molar-refractivity contribution >= 4 is 17.6 Å². The van der Waals surface area contributed by atoms with E-state index in [2.05, 4.69) is 15.5 Å². The minimum atomic E-state index is -0.434. The van der Waals surface area contributed by atoms with E-state index in [1.54, 1.807) is 0 Å². The van der Waals surface area contributed by atoms with E-state index in [4.69, 9.17) is 11.6 Å². The van der Waals surface area contributed by atoms with Crippen molar-refractivity contribution in [2.24, 2.45) is 0 Å². The maximum absolute atomic E-state index is 11.9. The van der Waals surface area contributed by atoms with Crippen LogP contribution in [0, 0.1) is 0 Å². The van der Waals surface area contributed by atoms with Crippen molar-refractivity contribution in [1.82, 2.24) is 15.5 Å². The first kappa shape index (κ1) is 16.8. The molecule has 0 bridgehead atoms. The molecule has 20 heavy (non-hydrogen) atoms. The number of halogens is 1. The Kier molecular flexibility index (Phi) is 6.30. The molecule has 5 heteroatoms. The standard InChI is InChI=1S/C15H24ClN3O/c1-15(2,12-6-8-13(16)9-7-12)18-14(20)17-10-5-11-19(3)4/h6-9H,5,10-11H2,1-4H3,(H2,17,18,20). The predicted octanol–water partition coefficient (Wildman–Crippen LogP) is 2.83. The Morgan fingerprint density at radius 1 is 1.25 bits per heavy atom. The number of carbonyl (C=O) groups excluding carboxylic acids is 1. The van der Waals surface area contributed by atoms with Gasteiger partial charge in [0.1, 0.15) is 0 Å². The topological polar surface area (TPSA) is 44.4 Å². The number of rotatable bonds is 6. The van der Waals surface area contributed by atoms with E-state index in [1.165, 1.54) is 0 Å². The highest BCUT2D eigenvalue weighted by Gasteiger charge is 2.22. The Bertz CT molecular complexity index is 429. The zero-order chi connectivity index (χ0) is 15.2. The van der Waals surface area contributed by atoms with Crippen LogP contribution in [-0.4, -0.2) is 38.1 Å². The molecule has 0 aliphatic rings. The number of nitrogens with one attached hydrogen (secondary N) is 2. The van der Waals surface area contributed by atoms with Crippen LogP contribution in [0.5, 0.6) is 0 Å². The predicted molar refractivity (Wildman–Crippen MR) is 84.2 cm³/mol. The zero-order valence-electron chi connectivity index (χ0n) is 12.7. The lowest BCUT2D eigenvalue weighted by molar-refractivity contribution is 0.229. The lowest BCUT2D eigenvalue weighted by Gasteiger charge is -2.27. The highest BCUT2D eigenvalue weighted by molar-refractivity contribution is 6.30. The molecule has 0 aliphatic heterocycles. The van der Waals surface area contributed by atoms with Gasteiger partial charge in [-0.15, -0.1) is 0 Å². The Balaban J connectivity index is 2.45. The fourth-order valence-corrected chi connectivity index (χ4v) is 1.99. The first-order chi connectivity index (χ1) is 9.31. The van der Waals surface area contributed by atoms with Crippen molar-refractivity contribution in [2.75, 3.05) is 27.2 Å². The molecule has 1 rings (SSSR count). The summed E-state index contributed by atoms with van der Waals surface area (Å²) in [4.78, 5) is 14.0. The highest BCUT2D eigenvalue weighted by Crippen LogP contribution is 2.21. The van der Waals surface area contributed by atoms with E-state index in [0.717, 1.165) is 18.5 Å². The van der Waals surface area contributed by atoms with Crippen molar-refractivity contribution in [3.63, 3.8) is 0 Å². The van der Waals surface area contributed by atoms with E-state index in [1.807, 2.05) is 52.2 Å². The number of urea groups is 1. The van der Waals surface area contributed by atoms with Gasteiger partial charge >= 0.3 is 6.03 Å². The fourth-order valence-electron chi connectivity index (χ4n) is 1.86. The average molecular weight is 298 g/mol. The lowest BCUT2D eigenvalue weighted by Crippen LogP contribution is -2.46. The monoisotopic (exact) mass is 297 g/mol. The first-order valence-electron chi connectivity index (χ1n) is 6.78. The molecule has 0 fully saturated rings. The molecular weight excluding hydrogens is 274 g/mol. The molecule has 0 atom stereocenters. The summed E-state index contributed by atoms with van der Waals surface area (Å²) in [6.07, 6.45) is 0.932. The van der Waals surface area contributed by atoms with Gasteiger partial charge in [0.2, 0.25) is 0 Å². The van der Waals surface area contributed by atoms with Gasteiger partial charge in [-0.05, 0) is 58.6 Å². The molecule has 4 nitrogen and oxygen atoms in total. The molecular formula is C15H24ClN3O. The van der Waals surface area contributed by atoms with Crippen molar-refractivity contribution in [2.45, 2.75) is 25.8 Å². The Morgan fingerprint density at radius 2 is 1.85 bits per heavy atom. The van der Waals surface area contributed by atoms with Gasteiger partial charge < -0.3 is 15.5 Å². The highest BCUT2D eigenvalue weighted by atomic mass is 35.5. The maximum atomic E-state index is 11.9. The van der Waals surface area contributed by atoms with Gasteiger partial charge in [0.25, 0.3) is 0 Å². The van der Waals surface area contributed by atoms with Gasteiger partial charge in [0.05, 0.1) is 5.54 Å². The summed E-state index contributed by atoms with van der Waals surface area (Å²) in [5.74, 6) is 0. The third kappa shape index (κ3) is 5.80. The van der Waals surface area contributed by atoms with Gasteiger partial charge in [0.15, 0.2) is 0 Å². The quantitative estimate of drug-likeness (QED) is 0.793. The van der Waals surface area contributed by atoms with E-state index in [0.29, 0.717) is 11.6 Å². The Hall–Kier alpha value is -1.26. The van der Waals surface area contributed by atoms with Crippen molar-refractivity contribution < 1.29 is 4.79 Å². The number of nitrogens with zero attached hydrogens (tertiary/aromatic N) is 1. The van der Waals surface area contributed by atoms with Crippen molar-refractivity contribution in [3.8, 4) is 0 Å². The van der Waals surface area contributed by atoms with Gasteiger partial charge in [-0.2, -0.15) is 0 Å². The van der Waals surface area contributed by atoms with Crippen molar-refractivity contribution in [1.29, 1.82) is 0 Å². The molecule has 0 saturated heterocycles. The second kappa shape index (κ2) is 7.50. The summed E-state index contributed by atoms with van der Waals surface area (Å²) in [5, 5.41) is 6.54. The molecule has 0 radical (unpaired) electrons. The summed E-state index contributed by atoms with van der Waals surface area (Å²) in [5.41, 5.74) is 0.585. The van der Waals surface area contributed by atoms with Crippen LogP contribution >= 0.6 is 11.6 Å². The normalized spacial score (nSPS) is 11.5. The summed E-state index contributed by atoms with van der Waals surface area (Å²) in [6, 6.07) is 7.36. The third-order valence-electron chi connectivity index (χ3n) is 3.06. The van der Waals surface area contributed by atoms with E-state index < -0.39 is 5.54 Å². The molecule has 0 saturated carbocycles. The van der Waals surface area contributed by atoms with Crippen LogP contribution in [0.15, 0.2) is 24.3 Å². The second-order valence-corrected chi connectivity index (χ2v) is 6.11. The van der Waals surface area contributed by atoms with E-state index in [-0.39, 0.29) is 6.03 Å². The number of carbonyl (C=O) groups is 1. The molecule has 2 amide bonds. The Labute approximate surface area is 126 Å². The molecule has 1 aromatic carbocycles. The number of hydrogen-bond acceptors (Lipinski definition) is 2. The summed E-state index contributed by atoms with van der Waals surface area (Å²) < 4.78 is 0. The van der Waals surface area contributed by atoms with Crippen LogP contribution in [0.4, 0.5) is 4.79 Å². The molecule has 1 aromatic rings. The fraction of sp³-hybridized carbons (Fsp3) is 0.533. The minimum absolute atomic E-state index is 0.149. The van der Waals surface area contributed by atoms with Gasteiger partial charge in [0, 0.05) is 11.6 Å². The number of amides is 2. The molecule has 0 aliphatic carbocycles. The van der Waals surface area contributed by atoms with E-state index >= 15 is 0 Å². The van der Waals surface area contributed by atoms with Gasteiger partial charge in [-0.25, -0.2) is 4.79 Å². The van der Waals surface area contributed by atoms with Crippen LogP contribution in [-0.2, 0) is 5.54 Å². The summed E-state index contributed by atoms with van der Waals surface area (Å²) in [7, 11) is 4.04. The molecule has 0 unspecified atom stereocenters. The number of hydrogen-bond donors (Lipinski definition) is 2. The van der Waals surface area contributed by atoms with Gasteiger partial charge in [-0.1, -0.05) is 23.7 Å². The summed E-state index contributed by atoms with van der Waals surface area (Å²) in [6.45, 7) is 5.56. The minimum Gasteiger partial charge on any atom is -0.338 e. The van der Waals surface area contributed by atoms with Crippen LogP contribution in [0.3, 0.4) is 0 Å². The second-order valence-electron chi connectivity index (χ2n) is 5.67. The smallest absolute Gasteiger partial charge is 0.315 e. The molecule has 0 heterocycles. The SMILES string of the molecule is CN(C)CCCNC(=O)NC(C)(C)c1ccc(Cl)cc1. The number of benzene rings is 1. The average Bonchev–Trinajstić information content (AvgIpc) is 2.34. The largest absolute Gasteiger partial charge is 0.338 e. The maximum Gasteiger partial charge on any atom is 0.315 e. The zero-order valence-corrected chi connectivity index (χ0v) is 13.4. The molecule has 112 valence electrons. The van der Waals surface area contributed by atoms with Crippen molar-refractivity contribution in [3.05, 3.63) is 34.9 Å². The van der Waals surface area contributed by atoms with Crippen LogP contribution in [0.25, 0.3) is 0 Å². The third-order valence-corrected chi connectivity index (χ3v) is 3.31. The Morgan fingerprint density at radius 3 is 2.40 bits per heavy atom. The van der Waals surface area contributed by atoms with Crippen LogP contribution in [0.2, 0.25) is 5.02 Å². The van der Waals surface area contributed by atoms with E-state index in [9.17, 15) is 4.79 Å². The van der Waals surface area contributed by atoms with Crippen LogP contribution in [0.1, 0.15) is 25.8 Å². The van der Waals surface area contributed by atoms with Crippen LogP contribution < -0.4 is 10.6 Å². The molecule has 0 spiro atoms. The lowest BCUT2D eigenvalue weighted by atomic mass is 9.94. The molecule has 0 aromatic heterocycles.